The number of methoxy groups -OCH3 is 1. The molecule has 7 nitrogen and oxygen atoms in total. The maximum absolute atomic E-state index is 12.4. The third-order valence-corrected chi connectivity index (χ3v) is 3.16. The molecule has 0 aliphatic carbocycles. The summed E-state index contributed by atoms with van der Waals surface area (Å²) in [5, 5.41) is 2.28. The number of carbonyl (C=O) groups excluding carboxylic acids is 3. The van der Waals surface area contributed by atoms with Crippen LogP contribution in [0.4, 0.5) is 0 Å². The fourth-order valence-electron chi connectivity index (χ4n) is 2.09. The van der Waals surface area contributed by atoms with Crippen molar-refractivity contribution in [2.45, 2.75) is 25.8 Å². The van der Waals surface area contributed by atoms with Gasteiger partial charge >= 0.3 is 11.9 Å². The summed E-state index contributed by atoms with van der Waals surface area (Å²) in [6, 6.07) is 6.82. The van der Waals surface area contributed by atoms with Crippen LogP contribution in [0.15, 0.2) is 24.3 Å². The number of ether oxygens (including phenoxy) is 3. The topological polar surface area (TPSA) is 90.9 Å². The quantitative estimate of drug-likeness (QED) is 0.411. The fraction of sp³-hybridized carbons (Fsp3) is 0.438. The number of benzene rings is 1. The van der Waals surface area contributed by atoms with Crippen molar-refractivity contribution in [2.24, 2.45) is 0 Å². The summed E-state index contributed by atoms with van der Waals surface area (Å²) in [4.78, 5) is 35.7. The van der Waals surface area contributed by atoms with Gasteiger partial charge in [0.2, 0.25) is 11.9 Å². The second kappa shape index (κ2) is 8.77. The molecule has 0 aliphatic heterocycles. The zero-order valence-corrected chi connectivity index (χ0v) is 13.5. The summed E-state index contributed by atoms with van der Waals surface area (Å²) >= 11 is 0. The van der Waals surface area contributed by atoms with E-state index in [1.165, 1.54) is 7.11 Å². The van der Waals surface area contributed by atoms with Crippen LogP contribution < -0.4 is 10.1 Å². The Labute approximate surface area is 134 Å². The van der Waals surface area contributed by atoms with E-state index < -0.39 is 17.5 Å². The average Bonchev–Trinajstić information content (AvgIpc) is 2.55. The van der Waals surface area contributed by atoms with E-state index in [0.29, 0.717) is 11.3 Å². The van der Waals surface area contributed by atoms with E-state index in [-0.39, 0.29) is 26.0 Å². The van der Waals surface area contributed by atoms with Gasteiger partial charge in [-0.15, -0.1) is 0 Å². The fourth-order valence-corrected chi connectivity index (χ4v) is 2.09. The predicted molar refractivity (Wildman–Crippen MR) is 81.9 cm³/mol. The van der Waals surface area contributed by atoms with Gasteiger partial charge in [-0.3, -0.25) is 4.79 Å². The summed E-state index contributed by atoms with van der Waals surface area (Å²) in [7, 11) is 1.51. The van der Waals surface area contributed by atoms with Gasteiger partial charge in [0.1, 0.15) is 5.75 Å². The Morgan fingerprint density at radius 3 is 2.26 bits per heavy atom. The monoisotopic (exact) mass is 323 g/mol. The molecule has 1 aromatic rings. The van der Waals surface area contributed by atoms with Crippen LogP contribution in [0, 0.1) is 0 Å². The molecule has 0 heterocycles. The number of nitrogens with one attached hydrogen (secondary N) is 1. The molecule has 126 valence electrons. The molecule has 0 atom stereocenters. The van der Waals surface area contributed by atoms with E-state index in [0.717, 1.165) is 0 Å². The van der Waals surface area contributed by atoms with Gasteiger partial charge in [0, 0.05) is 6.42 Å². The number of amides is 1. The largest absolute Gasteiger partial charge is 0.497 e. The molecule has 1 N–H and O–H groups in total. The van der Waals surface area contributed by atoms with E-state index in [9.17, 15) is 14.4 Å². The van der Waals surface area contributed by atoms with Crippen molar-refractivity contribution in [1.82, 2.24) is 5.32 Å². The summed E-state index contributed by atoms with van der Waals surface area (Å²) in [5.74, 6) is -1.17. The maximum atomic E-state index is 12.4. The van der Waals surface area contributed by atoms with Crippen LogP contribution in [0.1, 0.15) is 19.4 Å². The van der Waals surface area contributed by atoms with Crippen molar-refractivity contribution in [3.63, 3.8) is 0 Å². The van der Waals surface area contributed by atoms with Crippen LogP contribution in [0.3, 0.4) is 0 Å². The highest BCUT2D eigenvalue weighted by Crippen LogP contribution is 2.21. The van der Waals surface area contributed by atoms with Gasteiger partial charge in [-0.25, -0.2) is 9.59 Å². The molecule has 0 aromatic heterocycles. The Hall–Kier alpha value is -2.57. The third kappa shape index (κ3) is 4.45. The SMILES string of the molecule is CCOC(=O)C(Cc1cccc(OC)c1)(NC=O)C(=O)OCC. The van der Waals surface area contributed by atoms with Crippen molar-refractivity contribution in [3.05, 3.63) is 29.8 Å². The summed E-state index contributed by atoms with van der Waals surface area (Å²) in [5.41, 5.74) is -1.32. The lowest BCUT2D eigenvalue weighted by atomic mass is 9.90. The van der Waals surface area contributed by atoms with Crippen LogP contribution in [0.5, 0.6) is 5.75 Å². The molecular weight excluding hydrogens is 302 g/mol. The second-order valence-electron chi connectivity index (χ2n) is 4.64. The van der Waals surface area contributed by atoms with Gasteiger partial charge in [-0.2, -0.15) is 0 Å². The van der Waals surface area contributed by atoms with E-state index >= 15 is 0 Å². The van der Waals surface area contributed by atoms with Crippen molar-refractivity contribution < 1.29 is 28.6 Å². The molecule has 0 radical (unpaired) electrons. The first-order valence-electron chi connectivity index (χ1n) is 7.22. The molecule has 0 saturated carbocycles. The Kier molecular flexibility index (Phi) is 7.05. The lowest BCUT2D eigenvalue weighted by molar-refractivity contribution is -0.167. The van der Waals surface area contributed by atoms with E-state index in [1.807, 2.05) is 0 Å². The molecule has 0 unspecified atom stereocenters. The van der Waals surface area contributed by atoms with Crippen LogP contribution >= 0.6 is 0 Å². The van der Waals surface area contributed by atoms with Gasteiger partial charge in [0.05, 0.1) is 20.3 Å². The van der Waals surface area contributed by atoms with Crippen molar-refractivity contribution in [1.29, 1.82) is 0 Å². The highest BCUT2D eigenvalue weighted by atomic mass is 16.6. The molecule has 0 bridgehead atoms. The number of hydrogen-bond donors (Lipinski definition) is 1. The van der Waals surface area contributed by atoms with Gasteiger partial charge in [-0.05, 0) is 31.5 Å². The smallest absolute Gasteiger partial charge is 0.344 e. The van der Waals surface area contributed by atoms with Gasteiger partial charge in [-0.1, -0.05) is 12.1 Å². The first kappa shape index (κ1) is 18.5. The summed E-state index contributed by atoms with van der Waals surface area (Å²) in [6.07, 6.45) is 0.175. The predicted octanol–water partition coefficient (Wildman–Crippen LogP) is 0.849. The Bertz CT molecular complexity index is 539. The van der Waals surface area contributed by atoms with Crippen molar-refractivity contribution >= 4 is 18.3 Å². The van der Waals surface area contributed by atoms with Gasteiger partial charge < -0.3 is 19.5 Å². The van der Waals surface area contributed by atoms with E-state index in [2.05, 4.69) is 5.32 Å². The minimum atomic E-state index is -1.93. The van der Waals surface area contributed by atoms with Crippen LogP contribution in [-0.2, 0) is 30.3 Å². The summed E-state index contributed by atoms with van der Waals surface area (Å²) in [6.45, 7) is 3.36. The van der Waals surface area contributed by atoms with Gasteiger partial charge in [0.25, 0.3) is 0 Å². The molecule has 0 spiro atoms. The number of rotatable bonds is 9. The first-order chi connectivity index (χ1) is 11.0. The molecular formula is C16H21NO6. The van der Waals surface area contributed by atoms with Crippen LogP contribution in [0.2, 0.25) is 0 Å². The Morgan fingerprint density at radius 2 is 1.78 bits per heavy atom. The molecule has 23 heavy (non-hydrogen) atoms. The molecule has 0 saturated heterocycles. The lowest BCUT2D eigenvalue weighted by Gasteiger charge is -2.28. The number of hydrogen-bond acceptors (Lipinski definition) is 6. The zero-order chi connectivity index (χ0) is 17.3. The highest BCUT2D eigenvalue weighted by molar-refractivity contribution is 6.06. The van der Waals surface area contributed by atoms with E-state index in [4.69, 9.17) is 14.2 Å². The number of carbonyl (C=O) groups is 3. The Morgan fingerprint density at radius 1 is 1.17 bits per heavy atom. The lowest BCUT2D eigenvalue weighted by Crippen LogP contribution is -2.60. The first-order valence-corrected chi connectivity index (χ1v) is 7.22. The molecule has 1 amide bonds. The van der Waals surface area contributed by atoms with Crippen LogP contribution in [-0.4, -0.2) is 44.2 Å². The molecule has 1 aromatic carbocycles. The van der Waals surface area contributed by atoms with Gasteiger partial charge in [0.15, 0.2) is 0 Å². The molecule has 1 rings (SSSR count). The van der Waals surface area contributed by atoms with E-state index in [1.54, 1.807) is 38.1 Å². The minimum absolute atomic E-state index is 0.0681. The summed E-state index contributed by atoms with van der Waals surface area (Å²) < 4.78 is 15.1. The normalized spacial score (nSPS) is 10.6. The Balaban J connectivity index is 3.26. The second-order valence-corrected chi connectivity index (χ2v) is 4.64. The third-order valence-electron chi connectivity index (χ3n) is 3.16. The zero-order valence-electron chi connectivity index (χ0n) is 13.5. The molecule has 0 fully saturated rings. The number of esters is 2. The maximum Gasteiger partial charge on any atom is 0.344 e. The standard InChI is InChI=1S/C16H21NO6/c1-4-22-14(19)16(17-11-18,15(20)23-5-2)10-12-7-6-8-13(9-12)21-3/h6-9,11H,4-5,10H2,1-3H3,(H,17,18). The minimum Gasteiger partial charge on any atom is -0.497 e. The average molecular weight is 323 g/mol. The highest BCUT2D eigenvalue weighted by Gasteiger charge is 2.49. The van der Waals surface area contributed by atoms with Crippen LogP contribution in [0.25, 0.3) is 0 Å². The molecule has 0 aliphatic rings. The van der Waals surface area contributed by atoms with Crippen molar-refractivity contribution in [3.8, 4) is 5.75 Å². The molecule has 7 heteroatoms. The van der Waals surface area contributed by atoms with Crippen molar-refractivity contribution in [2.75, 3.05) is 20.3 Å².